The summed E-state index contributed by atoms with van der Waals surface area (Å²) < 4.78 is 0. The molecule has 1 fully saturated rings. The van der Waals surface area contributed by atoms with E-state index >= 15 is 0 Å². The van der Waals surface area contributed by atoms with Crippen molar-refractivity contribution in [3.8, 4) is 0 Å². The summed E-state index contributed by atoms with van der Waals surface area (Å²) in [5.74, 6) is -0.336. The number of likely N-dealkylation sites (tertiary alicyclic amines) is 1. The number of benzene rings is 2. The molecule has 2 aromatic carbocycles. The molecule has 0 radical (unpaired) electrons. The molecule has 3 N–H and O–H groups in total. The van der Waals surface area contributed by atoms with Gasteiger partial charge in [-0.25, -0.2) is 0 Å². The quantitative estimate of drug-likeness (QED) is 0.739. The molecule has 6 heteroatoms. The summed E-state index contributed by atoms with van der Waals surface area (Å²) in [7, 11) is 0. The molecule has 3 rings (SSSR count). The van der Waals surface area contributed by atoms with Crippen molar-refractivity contribution in [2.45, 2.75) is 32.2 Å². The number of nitrogens with one attached hydrogen (secondary N) is 3. The molecule has 0 aliphatic carbocycles. The third-order valence-corrected chi connectivity index (χ3v) is 5.27. The number of carbonyl (C=O) groups excluding carboxylic acids is 2. The monoisotopic (exact) mass is 386 g/mol. The molecule has 1 heterocycles. The summed E-state index contributed by atoms with van der Waals surface area (Å²) in [5.41, 5.74) is 1.61. The van der Waals surface area contributed by atoms with Crippen LogP contribution in [0.25, 0.3) is 0 Å². The number of rotatable bonds is 5. The van der Waals surface area contributed by atoms with Crippen molar-refractivity contribution in [3.05, 3.63) is 59.1 Å². The zero-order chi connectivity index (χ0) is 19.2. The Kier molecular flexibility index (Phi) is 6.48. The van der Waals surface area contributed by atoms with Crippen LogP contribution in [0, 0.1) is 0 Å². The Morgan fingerprint density at radius 2 is 1.81 bits per heavy atom. The van der Waals surface area contributed by atoms with E-state index in [0.29, 0.717) is 34.5 Å². The van der Waals surface area contributed by atoms with E-state index in [1.54, 1.807) is 42.5 Å². The first-order valence-corrected chi connectivity index (χ1v) is 9.71. The second-order valence-corrected chi connectivity index (χ2v) is 7.47. The molecule has 0 spiro atoms. The number of hydrogen-bond donors (Lipinski definition) is 3. The molecule has 1 aliphatic heterocycles. The molecule has 5 nitrogen and oxygen atoms in total. The highest BCUT2D eigenvalue weighted by Gasteiger charge is 2.24. The van der Waals surface area contributed by atoms with Crippen LogP contribution in [0.4, 0.5) is 11.4 Å². The van der Waals surface area contributed by atoms with E-state index in [4.69, 9.17) is 11.6 Å². The molecule has 142 valence electrons. The highest BCUT2D eigenvalue weighted by atomic mass is 35.5. The van der Waals surface area contributed by atoms with Gasteiger partial charge in [-0.2, -0.15) is 0 Å². The Morgan fingerprint density at radius 1 is 1.07 bits per heavy atom. The van der Waals surface area contributed by atoms with E-state index in [1.165, 1.54) is 11.3 Å². The molecule has 0 saturated carbocycles. The van der Waals surface area contributed by atoms with Crippen molar-refractivity contribution >= 4 is 34.8 Å². The van der Waals surface area contributed by atoms with Gasteiger partial charge >= 0.3 is 0 Å². The normalized spacial score (nSPS) is 19.3. The second-order valence-electron chi connectivity index (χ2n) is 7.04. The van der Waals surface area contributed by atoms with Gasteiger partial charge in [-0.15, -0.1) is 0 Å². The minimum atomic E-state index is -0.271. The van der Waals surface area contributed by atoms with Crippen molar-refractivity contribution < 1.29 is 14.5 Å². The Labute approximate surface area is 164 Å². The molecule has 2 amide bonds. The number of quaternary nitrogens is 1. The van der Waals surface area contributed by atoms with E-state index in [0.717, 1.165) is 19.4 Å². The maximum absolute atomic E-state index is 12.6. The molecule has 1 aliphatic rings. The molecule has 1 saturated heterocycles. The lowest BCUT2D eigenvalue weighted by Gasteiger charge is -2.29. The molecule has 0 aromatic heterocycles. The van der Waals surface area contributed by atoms with Gasteiger partial charge < -0.3 is 15.5 Å². The van der Waals surface area contributed by atoms with Crippen LogP contribution in [0.1, 0.15) is 36.5 Å². The summed E-state index contributed by atoms with van der Waals surface area (Å²) in [5, 5.41) is 6.35. The third-order valence-electron chi connectivity index (χ3n) is 5.02. The van der Waals surface area contributed by atoms with Gasteiger partial charge in [-0.3, -0.25) is 9.59 Å². The molecule has 1 unspecified atom stereocenters. The fourth-order valence-corrected chi connectivity index (χ4v) is 3.56. The molecular weight excluding hydrogens is 362 g/mol. The lowest BCUT2D eigenvalue weighted by molar-refractivity contribution is -0.920. The van der Waals surface area contributed by atoms with Crippen LogP contribution in [0.3, 0.4) is 0 Å². The summed E-state index contributed by atoms with van der Waals surface area (Å²) in [6.07, 6.45) is 3.55. The molecular formula is C21H25ClN3O2+. The van der Waals surface area contributed by atoms with E-state index < -0.39 is 0 Å². The number of para-hydroxylation sites is 1. The van der Waals surface area contributed by atoms with Crippen LogP contribution in [0.2, 0.25) is 5.02 Å². The Bertz CT molecular complexity index is 807. The van der Waals surface area contributed by atoms with E-state index in [1.807, 2.05) is 6.07 Å². The van der Waals surface area contributed by atoms with Gasteiger partial charge in [0.15, 0.2) is 6.54 Å². The number of piperidine rings is 1. The van der Waals surface area contributed by atoms with Crippen LogP contribution < -0.4 is 15.5 Å². The zero-order valence-electron chi connectivity index (χ0n) is 15.4. The first-order chi connectivity index (χ1) is 13.0. The van der Waals surface area contributed by atoms with Crippen LogP contribution >= 0.6 is 11.6 Å². The smallest absolute Gasteiger partial charge is 0.279 e. The third kappa shape index (κ3) is 5.31. The Hall–Kier alpha value is -2.37. The number of amides is 2. The maximum atomic E-state index is 12.6. The van der Waals surface area contributed by atoms with E-state index in [2.05, 4.69) is 17.6 Å². The number of halogens is 1. The van der Waals surface area contributed by atoms with Crippen molar-refractivity contribution in [2.24, 2.45) is 0 Å². The maximum Gasteiger partial charge on any atom is 0.279 e. The van der Waals surface area contributed by atoms with Gasteiger partial charge in [0.25, 0.3) is 11.8 Å². The number of anilines is 2. The van der Waals surface area contributed by atoms with Crippen molar-refractivity contribution in [1.82, 2.24) is 0 Å². The standard InChI is InChI=1S/C21H24ClN3O2/c1-15-6-4-5-13-25(15)14-20(26)24-19-8-3-2-7-18(19)21(27)23-17-11-9-16(22)10-12-17/h2-3,7-12,15H,4-6,13-14H2,1H3,(H,23,27)(H,24,26)/p+1/t15-/m1/s1. The van der Waals surface area contributed by atoms with Crippen LogP contribution in [-0.2, 0) is 4.79 Å². The minimum absolute atomic E-state index is 0.0644. The van der Waals surface area contributed by atoms with E-state index in [-0.39, 0.29) is 11.8 Å². The van der Waals surface area contributed by atoms with Gasteiger partial charge in [0, 0.05) is 10.7 Å². The fourth-order valence-electron chi connectivity index (χ4n) is 3.44. The first kappa shape index (κ1) is 19.4. The topological polar surface area (TPSA) is 62.6 Å². The molecule has 2 atom stereocenters. The average molecular weight is 387 g/mol. The lowest BCUT2D eigenvalue weighted by atomic mass is 10.0. The minimum Gasteiger partial charge on any atom is -0.325 e. The summed E-state index contributed by atoms with van der Waals surface area (Å²) in [4.78, 5) is 26.5. The first-order valence-electron chi connectivity index (χ1n) is 9.33. The predicted molar refractivity (Wildman–Crippen MR) is 108 cm³/mol. The molecule has 0 bridgehead atoms. The van der Waals surface area contributed by atoms with Crippen LogP contribution in [0.15, 0.2) is 48.5 Å². The highest BCUT2D eigenvalue weighted by Crippen LogP contribution is 2.19. The fraction of sp³-hybridized carbons (Fsp3) is 0.333. The Balaban J connectivity index is 1.66. The summed E-state index contributed by atoms with van der Waals surface area (Å²) >= 11 is 5.88. The van der Waals surface area contributed by atoms with Crippen LogP contribution in [-0.4, -0.2) is 30.9 Å². The average Bonchev–Trinajstić information content (AvgIpc) is 2.66. The summed E-state index contributed by atoms with van der Waals surface area (Å²) in [6, 6.07) is 14.5. The predicted octanol–water partition coefficient (Wildman–Crippen LogP) is 2.99. The summed E-state index contributed by atoms with van der Waals surface area (Å²) in [6.45, 7) is 3.64. The van der Waals surface area contributed by atoms with Gasteiger partial charge in [0.2, 0.25) is 0 Å². The SMILES string of the molecule is C[C@@H]1CCCC[NH+]1CC(=O)Nc1ccccc1C(=O)Nc1ccc(Cl)cc1. The molecule has 27 heavy (non-hydrogen) atoms. The number of carbonyl (C=O) groups is 2. The van der Waals surface area contributed by atoms with Gasteiger partial charge in [-0.1, -0.05) is 23.7 Å². The van der Waals surface area contributed by atoms with Gasteiger partial charge in [0.1, 0.15) is 0 Å². The largest absolute Gasteiger partial charge is 0.325 e. The second kappa shape index (κ2) is 9.02. The zero-order valence-corrected chi connectivity index (χ0v) is 16.2. The lowest BCUT2D eigenvalue weighted by Crippen LogP contribution is -3.17. The molecule has 2 aromatic rings. The van der Waals surface area contributed by atoms with Crippen molar-refractivity contribution in [3.63, 3.8) is 0 Å². The number of hydrogen-bond acceptors (Lipinski definition) is 2. The van der Waals surface area contributed by atoms with Gasteiger partial charge in [-0.05, 0) is 62.6 Å². The van der Waals surface area contributed by atoms with Gasteiger partial charge in [0.05, 0.1) is 23.8 Å². The van der Waals surface area contributed by atoms with Crippen LogP contribution in [0.5, 0.6) is 0 Å². The van der Waals surface area contributed by atoms with E-state index in [9.17, 15) is 9.59 Å². The Morgan fingerprint density at radius 3 is 2.56 bits per heavy atom. The van der Waals surface area contributed by atoms with Crippen molar-refractivity contribution in [2.75, 3.05) is 23.7 Å². The van der Waals surface area contributed by atoms with Crippen molar-refractivity contribution in [1.29, 1.82) is 0 Å². The highest BCUT2D eigenvalue weighted by molar-refractivity contribution is 6.30.